The van der Waals surface area contributed by atoms with Gasteiger partial charge in [-0.3, -0.25) is 4.79 Å². The Hall–Kier alpha value is -2.58. The zero-order valence-corrected chi connectivity index (χ0v) is 19.4. The van der Waals surface area contributed by atoms with Crippen LogP contribution >= 0.6 is 34.8 Å². The lowest BCUT2D eigenvalue weighted by atomic mass is 10.1. The maximum Gasteiger partial charge on any atom is 0.267 e. The Labute approximate surface area is 198 Å². The minimum absolute atomic E-state index is 0.0551. The summed E-state index contributed by atoms with van der Waals surface area (Å²) in [6.45, 7) is 0. The number of amides is 1. The summed E-state index contributed by atoms with van der Waals surface area (Å²) in [6.07, 6.45) is 2.58. The third-order valence-corrected chi connectivity index (χ3v) is 6.09. The van der Waals surface area contributed by atoms with Gasteiger partial charge in [0.1, 0.15) is 5.82 Å². The first-order valence-corrected chi connectivity index (χ1v) is 12.1. The molecule has 0 atom stereocenters. The standard InChI is InChI=1S/C22H14Cl3FN2O3S/c1-32(30,31)27-22(29)16-9-18(25)21(10-19(16)26)28-11-17(12-2-4-13(23)5-3-12)15-8-14(24)6-7-20(15)28/h2-11H,1H3,(H,27,29). The van der Waals surface area contributed by atoms with Crippen molar-refractivity contribution in [3.8, 4) is 16.8 Å². The van der Waals surface area contributed by atoms with Gasteiger partial charge in [0.2, 0.25) is 10.0 Å². The SMILES string of the molecule is CS(=O)(=O)NC(=O)c1cc(Cl)c(-n2cc(-c3ccc(Cl)cc3)c3cc(Cl)ccc32)cc1F. The Morgan fingerprint density at radius 1 is 0.969 bits per heavy atom. The van der Waals surface area contributed by atoms with Gasteiger partial charge in [0.25, 0.3) is 5.91 Å². The average molecular weight is 512 g/mol. The second-order valence-corrected chi connectivity index (χ2v) is 10.1. The predicted molar refractivity (Wildman–Crippen MR) is 126 cm³/mol. The molecule has 0 fully saturated rings. The van der Waals surface area contributed by atoms with Crippen molar-refractivity contribution in [3.05, 3.63) is 87.2 Å². The van der Waals surface area contributed by atoms with Crippen LogP contribution in [0, 0.1) is 5.82 Å². The summed E-state index contributed by atoms with van der Waals surface area (Å²) in [5.41, 5.74) is 2.17. The Kier molecular flexibility index (Phi) is 5.94. The number of sulfonamides is 1. The van der Waals surface area contributed by atoms with Gasteiger partial charge in [-0.25, -0.2) is 17.5 Å². The Bertz CT molecular complexity index is 1480. The molecule has 32 heavy (non-hydrogen) atoms. The quantitative estimate of drug-likeness (QED) is 0.361. The lowest BCUT2D eigenvalue weighted by Gasteiger charge is -2.11. The van der Waals surface area contributed by atoms with Gasteiger partial charge in [-0.1, -0.05) is 46.9 Å². The highest BCUT2D eigenvalue weighted by molar-refractivity contribution is 7.89. The molecule has 1 heterocycles. The molecular weight excluding hydrogens is 498 g/mol. The van der Waals surface area contributed by atoms with Crippen LogP contribution < -0.4 is 4.72 Å². The van der Waals surface area contributed by atoms with Crippen molar-refractivity contribution in [2.24, 2.45) is 0 Å². The number of carbonyl (C=O) groups is 1. The molecule has 10 heteroatoms. The molecule has 3 aromatic carbocycles. The maximum atomic E-state index is 14.8. The average Bonchev–Trinajstić information content (AvgIpc) is 3.07. The van der Waals surface area contributed by atoms with E-state index in [0.29, 0.717) is 15.6 Å². The second-order valence-electron chi connectivity index (χ2n) is 7.07. The fourth-order valence-electron chi connectivity index (χ4n) is 3.38. The largest absolute Gasteiger partial charge is 0.314 e. The van der Waals surface area contributed by atoms with Gasteiger partial charge < -0.3 is 4.57 Å². The third kappa shape index (κ3) is 4.47. The van der Waals surface area contributed by atoms with Crippen molar-refractivity contribution in [2.45, 2.75) is 0 Å². The monoisotopic (exact) mass is 510 g/mol. The lowest BCUT2D eigenvalue weighted by molar-refractivity contribution is 0.0978. The molecule has 0 saturated carbocycles. The summed E-state index contributed by atoms with van der Waals surface area (Å²) >= 11 is 18.6. The molecule has 5 nitrogen and oxygen atoms in total. The van der Waals surface area contributed by atoms with Crippen molar-refractivity contribution >= 4 is 61.6 Å². The number of benzene rings is 3. The minimum Gasteiger partial charge on any atom is -0.314 e. The Balaban J connectivity index is 1.90. The summed E-state index contributed by atoms with van der Waals surface area (Å²) in [4.78, 5) is 12.1. The van der Waals surface area contributed by atoms with Gasteiger partial charge in [-0.05, 0) is 42.0 Å². The van der Waals surface area contributed by atoms with Crippen LogP contribution in [-0.2, 0) is 10.0 Å². The molecule has 0 bridgehead atoms. The smallest absolute Gasteiger partial charge is 0.267 e. The first-order valence-electron chi connectivity index (χ1n) is 9.11. The molecule has 1 N–H and O–H groups in total. The molecule has 0 saturated heterocycles. The molecule has 0 aliphatic carbocycles. The number of rotatable bonds is 4. The lowest BCUT2D eigenvalue weighted by Crippen LogP contribution is -2.30. The number of hydrogen-bond acceptors (Lipinski definition) is 3. The number of carbonyl (C=O) groups excluding carboxylic acids is 1. The second kappa shape index (κ2) is 8.41. The summed E-state index contributed by atoms with van der Waals surface area (Å²) in [6, 6.07) is 14.6. The zero-order valence-electron chi connectivity index (χ0n) is 16.4. The van der Waals surface area contributed by atoms with Crippen LogP contribution in [0.15, 0.2) is 60.8 Å². The van der Waals surface area contributed by atoms with E-state index in [1.807, 2.05) is 12.1 Å². The first-order chi connectivity index (χ1) is 15.0. The highest BCUT2D eigenvalue weighted by atomic mass is 35.5. The minimum atomic E-state index is -3.86. The van der Waals surface area contributed by atoms with Crippen LogP contribution in [-0.4, -0.2) is 25.1 Å². The molecule has 0 radical (unpaired) electrons. The highest BCUT2D eigenvalue weighted by Crippen LogP contribution is 2.36. The highest BCUT2D eigenvalue weighted by Gasteiger charge is 2.20. The van der Waals surface area contributed by atoms with Gasteiger partial charge in [-0.15, -0.1) is 0 Å². The summed E-state index contributed by atoms with van der Waals surface area (Å²) < 4.78 is 40.9. The fourth-order valence-corrected chi connectivity index (χ4v) is 4.38. The molecule has 1 aromatic heterocycles. The predicted octanol–water partition coefficient (Wildman–Crippen LogP) is 6.09. The van der Waals surface area contributed by atoms with E-state index in [1.54, 1.807) is 45.8 Å². The normalized spacial score (nSPS) is 11.7. The van der Waals surface area contributed by atoms with Gasteiger partial charge >= 0.3 is 0 Å². The van der Waals surface area contributed by atoms with E-state index in [1.165, 1.54) is 0 Å². The van der Waals surface area contributed by atoms with Crippen LogP contribution in [0.3, 0.4) is 0 Å². The van der Waals surface area contributed by atoms with Crippen molar-refractivity contribution < 1.29 is 17.6 Å². The number of nitrogens with zero attached hydrogens (tertiary/aromatic N) is 1. The Morgan fingerprint density at radius 2 is 1.62 bits per heavy atom. The van der Waals surface area contributed by atoms with Crippen molar-refractivity contribution in [3.63, 3.8) is 0 Å². The van der Waals surface area contributed by atoms with Gasteiger partial charge in [0, 0.05) is 33.3 Å². The van der Waals surface area contributed by atoms with Crippen LogP contribution in [0.4, 0.5) is 4.39 Å². The Morgan fingerprint density at radius 3 is 2.28 bits per heavy atom. The summed E-state index contributed by atoms with van der Waals surface area (Å²) in [7, 11) is -3.86. The summed E-state index contributed by atoms with van der Waals surface area (Å²) in [5, 5.41) is 1.97. The molecule has 0 unspecified atom stereocenters. The molecule has 0 aliphatic rings. The van der Waals surface area contributed by atoms with E-state index in [2.05, 4.69) is 0 Å². The number of halogens is 4. The van der Waals surface area contributed by atoms with Crippen molar-refractivity contribution in [2.75, 3.05) is 6.26 Å². The van der Waals surface area contributed by atoms with Crippen LogP contribution in [0.5, 0.6) is 0 Å². The molecule has 164 valence electrons. The van der Waals surface area contributed by atoms with Crippen molar-refractivity contribution in [1.29, 1.82) is 0 Å². The van der Waals surface area contributed by atoms with E-state index in [0.717, 1.165) is 34.9 Å². The van der Waals surface area contributed by atoms with Crippen LogP contribution in [0.25, 0.3) is 27.7 Å². The van der Waals surface area contributed by atoms with Crippen molar-refractivity contribution in [1.82, 2.24) is 9.29 Å². The topological polar surface area (TPSA) is 68.2 Å². The molecule has 0 spiro atoms. The van der Waals surface area contributed by atoms with E-state index in [4.69, 9.17) is 34.8 Å². The molecule has 0 aliphatic heterocycles. The van der Waals surface area contributed by atoms with Gasteiger partial charge in [0.05, 0.1) is 28.0 Å². The van der Waals surface area contributed by atoms with E-state index in [9.17, 15) is 17.6 Å². The number of aromatic nitrogens is 1. The molecular formula is C22H14Cl3FN2O3S. The first kappa shape index (κ1) is 22.6. The molecule has 1 amide bonds. The number of fused-ring (bicyclic) bond motifs is 1. The number of nitrogens with one attached hydrogen (secondary N) is 1. The molecule has 4 aromatic rings. The van der Waals surface area contributed by atoms with E-state index in [-0.39, 0.29) is 10.7 Å². The molecule has 4 rings (SSSR count). The van der Waals surface area contributed by atoms with Crippen LogP contribution in [0.1, 0.15) is 10.4 Å². The number of hydrogen-bond donors (Lipinski definition) is 1. The van der Waals surface area contributed by atoms with Gasteiger partial charge in [-0.2, -0.15) is 0 Å². The summed E-state index contributed by atoms with van der Waals surface area (Å²) in [5.74, 6) is -2.03. The zero-order chi connectivity index (χ0) is 23.2. The fraction of sp³-hybridized carbons (Fsp3) is 0.0455. The maximum absolute atomic E-state index is 14.8. The van der Waals surface area contributed by atoms with E-state index < -0.39 is 27.3 Å². The third-order valence-electron chi connectivity index (χ3n) is 4.74. The van der Waals surface area contributed by atoms with Crippen LogP contribution in [0.2, 0.25) is 15.1 Å². The van der Waals surface area contributed by atoms with E-state index >= 15 is 0 Å². The van der Waals surface area contributed by atoms with Gasteiger partial charge in [0.15, 0.2) is 0 Å².